The van der Waals surface area contributed by atoms with E-state index in [9.17, 15) is 0 Å². The van der Waals surface area contributed by atoms with Crippen LogP contribution < -0.4 is 5.73 Å². The van der Waals surface area contributed by atoms with Crippen molar-refractivity contribution in [2.45, 2.75) is 79.6 Å². The first kappa shape index (κ1) is 20.1. The minimum Gasteiger partial charge on any atom is -0.412 e. The standard InChI is InChI=1S/C17H39NOSi/c1-13(2)15(5)17(7,16(6)14(3)4)19-20(8,9)12-10-11-18/h13-16H,10-12,18H2,1-9H3. The number of hydrogen-bond acceptors (Lipinski definition) is 2. The Morgan fingerprint density at radius 2 is 1.35 bits per heavy atom. The number of hydrogen-bond donors (Lipinski definition) is 1. The molecule has 2 N–H and O–H groups in total. The molecule has 0 aromatic rings. The van der Waals surface area contributed by atoms with Crippen molar-refractivity contribution >= 4 is 8.32 Å². The minimum absolute atomic E-state index is 0.0351. The van der Waals surface area contributed by atoms with Gasteiger partial charge in [-0.25, -0.2) is 0 Å². The average Bonchev–Trinajstić information content (AvgIpc) is 2.33. The van der Waals surface area contributed by atoms with Gasteiger partial charge in [-0.1, -0.05) is 41.5 Å². The Morgan fingerprint density at radius 3 is 1.65 bits per heavy atom. The molecule has 0 saturated heterocycles. The van der Waals surface area contributed by atoms with E-state index in [0.717, 1.165) is 19.0 Å². The molecule has 0 heterocycles. The number of rotatable bonds is 9. The highest BCUT2D eigenvalue weighted by Crippen LogP contribution is 2.41. The molecular formula is C17H39NOSi. The smallest absolute Gasteiger partial charge is 0.187 e. The Hall–Kier alpha value is 0.137. The first-order valence-electron chi connectivity index (χ1n) is 8.38. The highest BCUT2D eigenvalue weighted by atomic mass is 28.4. The van der Waals surface area contributed by atoms with E-state index in [4.69, 9.17) is 10.2 Å². The van der Waals surface area contributed by atoms with Crippen molar-refractivity contribution in [1.29, 1.82) is 0 Å². The molecule has 2 nitrogen and oxygen atoms in total. The maximum Gasteiger partial charge on any atom is 0.187 e. The third-order valence-electron chi connectivity index (χ3n) is 5.29. The van der Waals surface area contributed by atoms with E-state index in [1.807, 2.05) is 0 Å². The molecule has 20 heavy (non-hydrogen) atoms. The summed E-state index contributed by atoms with van der Waals surface area (Å²) < 4.78 is 6.86. The summed E-state index contributed by atoms with van der Waals surface area (Å²) in [6, 6.07) is 1.16. The lowest BCUT2D eigenvalue weighted by Crippen LogP contribution is -2.53. The second-order valence-corrected chi connectivity index (χ2v) is 12.2. The molecule has 0 aliphatic rings. The molecule has 2 unspecified atom stereocenters. The van der Waals surface area contributed by atoms with Crippen molar-refractivity contribution in [3.63, 3.8) is 0 Å². The molecule has 0 aliphatic carbocycles. The third-order valence-corrected chi connectivity index (χ3v) is 7.84. The van der Waals surface area contributed by atoms with Crippen molar-refractivity contribution in [2.75, 3.05) is 6.54 Å². The molecule has 0 aromatic carbocycles. The topological polar surface area (TPSA) is 35.2 Å². The molecule has 0 saturated carbocycles. The van der Waals surface area contributed by atoms with E-state index in [-0.39, 0.29) is 5.60 Å². The van der Waals surface area contributed by atoms with Gasteiger partial charge in [-0.3, -0.25) is 0 Å². The SMILES string of the molecule is CC(C)C(C)C(C)(O[Si](C)(C)CCCN)C(C)C(C)C. The number of nitrogens with two attached hydrogens (primary N) is 1. The summed E-state index contributed by atoms with van der Waals surface area (Å²) in [5.74, 6) is 2.40. The summed E-state index contributed by atoms with van der Waals surface area (Å²) in [5.41, 5.74) is 5.65. The van der Waals surface area contributed by atoms with Crippen LogP contribution in [0.15, 0.2) is 0 Å². The zero-order valence-corrected chi connectivity index (χ0v) is 16.4. The van der Waals surface area contributed by atoms with Gasteiger partial charge in [0.25, 0.3) is 0 Å². The molecule has 0 radical (unpaired) electrons. The van der Waals surface area contributed by atoms with Gasteiger partial charge in [-0.2, -0.15) is 0 Å². The highest BCUT2D eigenvalue weighted by molar-refractivity contribution is 6.71. The molecule has 0 rings (SSSR count). The van der Waals surface area contributed by atoms with Crippen LogP contribution in [0.5, 0.6) is 0 Å². The molecule has 122 valence electrons. The minimum atomic E-state index is -1.66. The Balaban J connectivity index is 5.23. The predicted octanol–water partition coefficient (Wildman–Crippen LogP) is 4.90. The van der Waals surface area contributed by atoms with E-state index in [0.29, 0.717) is 23.7 Å². The summed E-state index contributed by atoms with van der Waals surface area (Å²) in [6.07, 6.45) is 1.08. The van der Waals surface area contributed by atoms with Crippen molar-refractivity contribution in [1.82, 2.24) is 0 Å². The van der Waals surface area contributed by atoms with Crippen LogP contribution in [0.1, 0.15) is 54.9 Å². The Bertz CT molecular complexity index is 262. The molecular weight excluding hydrogens is 262 g/mol. The fourth-order valence-electron chi connectivity index (χ4n) is 3.10. The third kappa shape index (κ3) is 5.49. The van der Waals surface area contributed by atoms with Crippen molar-refractivity contribution in [3.8, 4) is 0 Å². The Kier molecular flexibility index (Phi) is 8.01. The summed E-state index contributed by atoms with van der Waals surface area (Å²) in [4.78, 5) is 0. The van der Waals surface area contributed by atoms with Crippen molar-refractivity contribution < 1.29 is 4.43 Å². The fourth-order valence-corrected chi connectivity index (χ4v) is 5.82. The molecule has 0 aliphatic heterocycles. The summed E-state index contributed by atoms with van der Waals surface area (Å²) in [7, 11) is -1.66. The highest BCUT2D eigenvalue weighted by Gasteiger charge is 2.44. The summed E-state index contributed by atoms with van der Waals surface area (Å²) >= 11 is 0. The van der Waals surface area contributed by atoms with Crippen molar-refractivity contribution in [2.24, 2.45) is 29.4 Å². The molecule has 0 fully saturated rings. The van der Waals surface area contributed by atoms with Gasteiger partial charge in [-0.15, -0.1) is 0 Å². The van der Waals surface area contributed by atoms with Gasteiger partial charge < -0.3 is 10.2 Å². The first-order chi connectivity index (χ1) is 8.98. The second kappa shape index (κ2) is 7.95. The van der Waals surface area contributed by atoms with Crippen LogP contribution in [0, 0.1) is 23.7 Å². The molecule has 2 atom stereocenters. The quantitative estimate of drug-likeness (QED) is 0.615. The predicted molar refractivity (Wildman–Crippen MR) is 93.5 cm³/mol. The Morgan fingerprint density at radius 1 is 0.950 bits per heavy atom. The molecule has 0 bridgehead atoms. The van der Waals surface area contributed by atoms with Crippen LogP contribution in [0.2, 0.25) is 19.1 Å². The average molecular weight is 302 g/mol. The van der Waals surface area contributed by atoms with Crippen LogP contribution in [-0.4, -0.2) is 20.5 Å². The summed E-state index contributed by atoms with van der Waals surface area (Å²) in [5, 5.41) is 0. The van der Waals surface area contributed by atoms with Gasteiger partial charge >= 0.3 is 0 Å². The lowest BCUT2D eigenvalue weighted by atomic mass is 9.71. The fraction of sp³-hybridized carbons (Fsp3) is 1.00. The molecule has 0 aromatic heterocycles. The Labute approximate surface area is 129 Å². The van der Waals surface area contributed by atoms with Gasteiger partial charge in [0.05, 0.1) is 5.60 Å². The van der Waals surface area contributed by atoms with Gasteiger partial charge in [0, 0.05) is 0 Å². The normalized spacial score (nSPS) is 19.2. The largest absolute Gasteiger partial charge is 0.412 e. The zero-order chi connectivity index (χ0) is 16.1. The first-order valence-corrected chi connectivity index (χ1v) is 11.5. The zero-order valence-electron chi connectivity index (χ0n) is 15.4. The molecule has 0 spiro atoms. The maximum atomic E-state index is 6.86. The second-order valence-electron chi connectivity index (χ2n) is 8.00. The van der Waals surface area contributed by atoms with Gasteiger partial charge in [0.1, 0.15) is 0 Å². The molecule has 3 heteroatoms. The van der Waals surface area contributed by atoms with E-state index >= 15 is 0 Å². The van der Waals surface area contributed by atoms with Crippen LogP contribution in [0.4, 0.5) is 0 Å². The van der Waals surface area contributed by atoms with Crippen LogP contribution >= 0.6 is 0 Å². The summed E-state index contributed by atoms with van der Waals surface area (Å²) in [6.45, 7) is 21.8. The van der Waals surface area contributed by atoms with Gasteiger partial charge in [0.15, 0.2) is 8.32 Å². The van der Waals surface area contributed by atoms with Crippen LogP contribution in [0.3, 0.4) is 0 Å². The van der Waals surface area contributed by atoms with E-state index in [2.05, 4.69) is 61.6 Å². The van der Waals surface area contributed by atoms with Gasteiger partial charge in [-0.05, 0) is 62.7 Å². The van der Waals surface area contributed by atoms with Crippen LogP contribution in [-0.2, 0) is 4.43 Å². The monoisotopic (exact) mass is 301 g/mol. The maximum absolute atomic E-state index is 6.86. The van der Waals surface area contributed by atoms with E-state index in [1.54, 1.807) is 0 Å². The van der Waals surface area contributed by atoms with Crippen LogP contribution in [0.25, 0.3) is 0 Å². The van der Waals surface area contributed by atoms with E-state index in [1.165, 1.54) is 0 Å². The van der Waals surface area contributed by atoms with E-state index < -0.39 is 8.32 Å². The van der Waals surface area contributed by atoms with Gasteiger partial charge in [0.2, 0.25) is 0 Å². The lowest BCUT2D eigenvalue weighted by molar-refractivity contribution is -0.0561. The lowest BCUT2D eigenvalue weighted by Gasteiger charge is -2.49. The molecule has 0 amide bonds. The van der Waals surface area contributed by atoms with Crippen molar-refractivity contribution in [3.05, 3.63) is 0 Å².